The van der Waals surface area contributed by atoms with Crippen molar-refractivity contribution in [2.24, 2.45) is 5.41 Å². The van der Waals surface area contributed by atoms with E-state index in [1.165, 1.54) is 12.1 Å². The monoisotopic (exact) mass is 294 g/mol. The van der Waals surface area contributed by atoms with Crippen molar-refractivity contribution < 1.29 is 13.6 Å². The van der Waals surface area contributed by atoms with Gasteiger partial charge in [0.15, 0.2) is 0 Å². The van der Waals surface area contributed by atoms with Crippen molar-refractivity contribution in [2.45, 2.75) is 25.7 Å². The van der Waals surface area contributed by atoms with E-state index in [-0.39, 0.29) is 23.3 Å². The van der Waals surface area contributed by atoms with Crippen molar-refractivity contribution in [2.75, 3.05) is 26.2 Å². The molecule has 0 aromatic heterocycles. The third-order valence-electron chi connectivity index (χ3n) is 4.81. The van der Waals surface area contributed by atoms with Gasteiger partial charge >= 0.3 is 0 Å². The summed E-state index contributed by atoms with van der Waals surface area (Å²) in [4.78, 5) is 14.2. The van der Waals surface area contributed by atoms with Crippen molar-refractivity contribution >= 4 is 5.91 Å². The molecule has 1 spiro atoms. The van der Waals surface area contributed by atoms with Crippen molar-refractivity contribution in [1.82, 2.24) is 10.2 Å². The molecular weight excluding hydrogens is 274 g/mol. The summed E-state index contributed by atoms with van der Waals surface area (Å²) in [6.45, 7) is 3.54. The van der Waals surface area contributed by atoms with Gasteiger partial charge in [0.1, 0.15) is 11.6 Å². The first-order valence-electron chi connectivity index (χ1n) is 7.50. The molecule has 114 valence electrons. The maximum atomic E-state index is 13.6. The Morgan fingerprint density at radius 1 is 1.24 bits per heavy atom. The van der Waals surface area contributed by atoms with E-state index in [1.54, 1.807) is 0 Å². The van der Waals surface area contributed by atoms with Crippen molar-refractivity contribution in [3.63, 3.8) is 0 Å². The van der Waals surface area contributed by atoms with Crippen LogP contribution in [0.15, 0.2) is 18.2 Å². The third kappa shape index (κ3) is 3.07. The van der Waals surface area contributed by atoms with Gasteiger partial charge in [-0.3, -0.25) is 4.79 Å². The fourth-order valence-electron chi connectivity index (χ4n) is 3.45. The number of hydrogen-bond donors (Lipinski definition) is 1. The molecule has 3 nitrogen and oxygen atoms in total. The fraction of sp³-hybridized carbons (Fsp3) is 0.562. The molecule has 3 rings (SSSR count). The summed E-state index contributed by atoms with van der Waals surface area (Å²) in [7, 11) is 0. The van der Waals surface area contributed by atoms with Crippen molar-refractivity contribution in [1.29, 1.82) is 0 Å². The number of carbonyl (C=O) groups excluding carboxylic acids is 1. The van der Waals surface area contributed by atoms with Crippen LogP contribution in [0.25, 0.3) is 0 Å². The Morgan fingerprint density at radius 3 is 2.71 bits per heavy atom. The molecule has 0 radical (unpaired) electrons. The zero-order chi connectivity index (χ0) is 14.9. The first-order valence-corrected chi connectivity index (χ1v) is 7.50. The number of benzene rings is 1. The van der Waals surface area contributed by atoms with Gasteiger partial charge in [-0.2, -0.15) is 0 Å². The highest BCUT2D eigenvalue weighted by molar-refractivity contribution is 5.79. The van der Waals surface area contributed by atoms with E-state index < -0.39 is 11.6 Å². The molecule has 2 aliphatic heterocycles. The molecule has 1 amide bonds. The Hall–Kier alpha value is -1.49. The normalized spacial score (nSPS) is 21.0. The van der Waals surface area contributed by atoms with Crippen LogP contribution in [0.2, 0.25) is 0 Å². The number of hydrogen-bond acceptors (Lipinski definition) is 2. The van der Waals surface area contributed by atoms with Gasteiger partial charge in [0.2, 0.25) is 5.91 Å². The first-order chi connectivity index (χ1) is 10.1. The number of piperidine rings is 1. The van der Waals surface area contributed by atoms with E-state index in [9.17, 15) is 13.6 Å². The number of nitrogens with one attached hydrogen (secondary N) is 1. The highest BCUT2D eigenvalue weighted by atomic mass is 19.1. The van der Waals surface area contributed by atoms with Crippen LogP contribution in [0.4, 0.5) is 8.78 Å². The summed E-state index contributed by atoms with van der Waals surface area (Å²) in [5.41, 5.74) is 0.523. The molecule has 21 heavy (non-hydrogen) atoms. The van der Waals surface area contributed by atoms with Gasteiger partial charge in [0.05, 0.1) is 6.42 Å². The standard InChI is InChI=1S/C16H20F2N2O/c17-13-2-1-12(14(18)10-13)9-15(21)20-8-5-16(11-20)3-6-19-7-4-16/h1-2,10,19H,3-9,11H2. The Kier molecular flexibility index (Phi) is 3.93. The zero-order valence-corrected chi connectivity index (χ0v) is 12.0. The molecule has 0 bridgehead atoms. The lowest BCUT2D eigenvalue weighted by molar-refractivity contribution is -0.130. The molecule has 2 fully saturated rings. The molecule has 2 aliphatic rings. The Balaban J connectivity index is 1.64. The number of rotatable bonds is 2. The van der Waals surface area contributed by atoms with Crippen molar-refractivity contribution in [3.8, 4) is 0 Å². The quantitative estimate of drug-likeness (QED) is 0.906. The molecule has 2 saturated heterocycles. The van der Waals surface area contributed by atoms with Gasteiger partial charge in [-0.05, 0) is 49.4 Å². The van der Waals surface area contributed by atoms with E-state index in [0.717, 1.165) is 51.5 Å². The minimum absolute atomic E-state index is 0.0143. The van der Waals surface area contributed by atoms with Gasteiger partial charge < -0.3 is 10.2 Å². The summed E-state index contributed by atoms with van der Waals surface area (Å²) < 4.78 is 26.5. The second-order valence-corrected chi connectivity index (χ2v) is 6.23. The summed E-state index contributed by atoms with van der Waals surface area (Å²) in [5, 5.41) is 3.34. The van der Waals surface area contributed by atoms with Gasteiger partial charge in [-0.1, -0.05) is 6.07 Å². The first kappa shape index (κ1) is 14.4. The van der Waals surface area contributed by atoms with Crippen molar-refractivity contribution in [3.05, 3.63) is 35.4 Å². The highest BCUT2D eigenvalue weighted by Crippen LogP contribution is 2.38. The van der Waals surface area contributed by atoms with Gasteiger partial charge in [0.25, 0.3) is 0 Å². The van der Waals surface area contributed by atoms with E-state index in [0.29, 0.717) is 0 Å². The second-order valence-electron chi connectivity index (χ2n) is 6.23. The van der Waals surface area contributed by atoms with Crippen LogP contribution in [-0.2, 0) is 11.2 Å². The average molecular weight is 294 g/mol. The van der Waals surface area contributed by atoms with Crippen LogP contribution in [0.3, 0.4) is 0 Å². The molecule has 1 N–H and O–H groups in total. The molecule has 0 saturated carbocycles. The van der Waals surface area contributed by atoms with Crippen LogP contribution >= 0.6 is 0 Å². The molecule has 1 aromatic rings. The maximum absolute atomic E-state index is 13.6. The minimum atomic E-state index is -0.640. The fourth-order valence-corrected chi connectivity index (χ4v) is 3.45. The zero-order valence-electron chi connectivity index (χ0n) is 12.0. The van der Waals surface area contributed by atoms with E-state index in [1.807, 2.05) is 4.90 Å². The number of likely N-dealkylation sites (tertiary alicyclic amines) is 1. The van der Waals surface area contributed by atoms with Gasteiger partial charge in [-0.15, -0.1) is 0 Å². The molecular formula is C16H20F2N2O. The van der Waals surface area contributed by atoms with Crippen LogP contribution in [0.1, 0.15) is 24.8 Å². The summed E-state index contributed by atoms with van der Waals surface area (Å²) in [6.07, 6.45) is 3.25. The predicted molar refractivity (Wildman–Crippen MR) is 75.8 cm³/mol. The Bertz CT molecular complexity index is 541. The van der Waals surface area contributed by atoms with Crippen LogP contribution in [0, 0.1) is 17.0 Å². The van der Waals surface area contributed by atoms with Crippen LogP contribution in [0.5, 0.6) is 0 Å². The smallest absolute Gasteiger partial charge is 0.227 e. The number of nitrogens with zero attached hydrogens (tertiary/aromatic N) is 1. The molecule has 5 heteroatoms. The average Bonchev–Trinajstić information content (AvgIpc) is 2.86. The molecule has 0 aliphatic carbocycles. The second kappa shape index (κ2) is 5.72. The maximum Gasteiger partial charge on any atom is 0.227 e. The number of halogens is 2. The molecule has 1 aromatic carbocycles. The summed E-state index contributed by atoms with van der Waals surface area (Å²) in [6, 6.07) is 3.39. The molecule has 2 heterocycles. The summed E-state index contributed by atoms with van der Waals surface area (Å²) >= 11 is 0. The van der Waals surface area contributed by atoms with Crippen LogP contribution in [-0.4, -0.2) is 37.0 Å². The lowest BCUT2D eigenvalue weighted by Crippen LogP contribution is -2.40. The minimum Gasteiger partial charge on any atom is -0.342 e. The van der Waals surface area contributed by atoms with Gasteiger partial charge in [-0.25, -0.2) is 8.78 Å². The van der Waals surface area contributed by atoms with E-state index in [2.05, 4.69) is 5.32 Å². The van der Waals surface area contributed by atoms with Gasteiger partial charge in [0, 0.05) is 19.2 Å². The van der Waals surface area contributed by atoms with Crippen LogP contribution < -0.4 is 5.32 Å². The number of carbonyl (C=O) groups is 1. The predicted octanol–water partition coefficient (Wildman–Crippen LogP) is 2.11. The topological polar surface area (TPSA) is 32.3 Å². The molecule has 0 unspecified atom stereocenters. The Morgan fingerprint density at radius 2 is 2.00 bits per heavy atom. The van der Waals surface area contributed by atoms with E-state index >= 15 is 0 Å². The number of amides is 1. The lowest BCUT2D eigenvalue weighted by Gasteiger charge is -2.33. The SMILES string of the molecule is O=C(Cc1ccc(F)cc1F)N1CCC2(CCNCC2)C1. The van der Waals surface area contributed by atoms with E-state index in [4.69, 9.17) is 0 Å². The molecule has 0 atom stereocenters. The largest absolute Gasteiger partial charge is 0.342 e. The summed E-state index contributed by atoms with van der Waals surface area (Å²) in [5.74, 6) is -1.31. The lowest BCUT2D eigenvalue weighted by atomic mass is 9.78. The highest BCUT2D eigenvalue weighted by Gasteiger charge is 2.40. The third-order valence-corrected chi connectivity index (χ3v) is 4.81. The Labute approximate surface area is 123 Å².